The average molecular weight is 352 g/mol. The standard InChI is InChI=1S/C18H12N2O6/c21-19(22)13-7-1-3-9-15(13)25-17-11-5-6-12-18(17)26-16-10-4-2-8-14(16)20(23)24/h1-12H. The molecule has 8 nitrogen and oxygen atoms in total. The van der Waals surface area contributed by atoms with Gasteiger partial charge in [-0.05, 0) is 24.3 Å². The van der Waals surface area contributed by atoms with Gasteiger partial charge in [0.2, 0.25) is 11.5 Å². The minimum absolute atomic E-state index is 0.0381. The lowest BCUT2D eigenvalue weighted by Gasteiger charge is -2.12. The van der Waals surface area contributed by atoms with Crippen LogP contribution in [0.15, 0.2) is 72.8 Å². The number of hydrogen-bond donors (Lipinski definition) is 0. The first kappa shape index (κ1) is 16.9. The van der Waals surface area contributed by atoms with E-state index in [1.807, 2.05) is 0 Å². The zero-order valence-corrected chi connectivity index (χ0v) is 13.3. The molecule has 3 aromatic rings. The first-order valence-electron chi connectivity index (χ1n) is 7.48. The van der Waals surface area contributed by atoms with Crippen LogP contribution in [0.4, 0.5) is 11.4 Å². The molecule has 0 unspecified atom stereocenters. The van der Waals surface area contributed by atoms with Crippen LogP contribution in [0.3, 0.4) is 0 Å². The predicted octanol–water partition coefficient (Wildman–Crippen LogP) is 5.09. The van der Waals surface area contributed by atoms with Crippen molar-refractivity contribution < 1.29 is 19.3 Å². The van der Waals surface area contributed by atoms with Gasteiger partial charge in [0, 0.05) is 12.1 Å². The zero-order chi connectivity index (χ0) is 18.5. The summed E-state index contributed by atoms with van der Waals surface area (Å²) in [6.07, 6.45) is 0. The molecule has 0 bridgehead atoms. The minimum Gasteiger partial charge on any atom is -0.446 e. The fraction of sp³-hybridized carbons (Fsp3) is 0. The van der Waals surface area contributed by atoms with Crippen molar-refractivity contribution in [1.29, 1.82) is 0 Å². The summed E-state index contributed by atoms with van der Waals surface area (Å²) in [5, 5.41) is 22.3. The van der Waals surface area contributed by atoms with Crippen LogP contribution in [-0.2, 0) is 0 Å². The molecule has 0 saturated carbocycles. The molecule has 130 valence electrons. The molecule has 0 heterocycles. The Labute approximate surface area is 147 Å². The SMILES string of the molecule is O=[N+]([O-])c1ccccc1Oc1ccccc1Oc1ccccc1[N+](=O)[O-]. The van der Waals surface area contributed by atoms with E-state index in [4.69, 9.17) is 9.47 Å². The highest BCUT2D eigenvalue weighted by molar-refractivity contribution is 5.53. The second-order valence-corrected chi connectivity index (χ2v) is 5.10. The van der Waals surface area contributed by atoms with Crippen LogP contribution in [0.25, 0.3) is 0 Å². The summed E-state index contributed by atoms with van der Waals surface area (Å²) in [7, 11) is 0. The summed E-state index contributed by atoms with van der Waals surface area (Å²) in [5.74, 6) is 0.465. The number of rotatable bonds is 6. The maximum atomic E-state index is 11.1. The summed E-state index contributed by atoms with van der Waals surface area (Å²) in [4.78, 5) is 21.1. The highest BCUT2D eigenvalue weighted by Gasteiger charge is 2.19. The van der Waals surface area contributed by atoms with Crippen LogP contribution in [0.1, 0.15) is 0 Å². The Morgan fingerprint density at radius 3 is 1.19 bits per heavy atom. The first-order chi connectivity index (χ1) is 12.6. The fourth-order valence-corrected chi connectivity index (χ4v) is 2.24. The second kappa shape index (κ2) is 7.31. The quantitative estimate of drug-likeness (QED) is 0.452. The van der Waals surface area contributed by atoms with Crippen molar-refractivity contribution in [3.05, 3.63) is 93.0 Å². The Bertz CT molecular complexity index is 895. The molecule has 0 saturated heterocycles. The second-order valence-electron chi connectivity index (χ2n) is 5.10. The number of nitro groups is 2. The highest BCUT2D eigenvalue weighted by Crippen LogP contribution is 2.39. The Kier molecular flexibility index (Phi) is 4.75. The van der Waals surface area contributed by atoms with Gasteiger partial charge in [-0.2, -0.15) is 0 Å². The van der Waals surface area contributed by atoms with Gasteiger partial charge >= 0.3 is 11.4 Å². The van der Waals surface area contributed by atoms with Gasteiger partial charge in [-0.1, -0.05) is 36.4 Å². The predicted molar refractivity (Wildman–Crippen MR) is 92.8 cm³/mol. The maximum Gasteiger partial charge on any atom is 0.311 e. The molecule has 3 rings (SSSR count). The number of para-hydroxylation sites is 6. The lowest BCUT2D eigenvalue weighted by molar-refractivity contribution is -0.385. The highest BCUT2D eigenvalue weighted by atomic mass is 16.6. The van der Waals surface area contributed by atoms with Crippen molar-refractivity contribution in [2.24, 2.45) is 0 Å². The molecule has 0 N–H and O–H groups in total. The molecule has 0 fully saturated rings. The summed E-state index contributed by atoms with van der Waals surface area (Å²) < 4.78 is 11.3. The van der Waals surface area contributed by atoms with E-state index in [2.05, 4.69) is 0 Å². The van der Waals surface area contributed by atoms with Crippen molar-refractivity contribution >= 4 is 11.4 Å². The number of benzene rings is 3. The molecule has 0 aliphatic carbocycles. The Hall–Kier alpha value is -3.94. The lowest BCUT2D eigenvalue weighted by Crippen LogP contribution is -1.96. The summed E-state index contributed by atoms with van der Waals surface area (Å²) in [5.41, 5.74) is -0.402. The minimum atomic E-state index is -0.555. The normalized spacial score (nSPS) is 10.2. The van der Waals surface area contributed by atoms with Gasteiger partial charge in [0.1, 0.15) is 0 Å². The Morgan fingerprint density at radius 1 is 0.538 bits per heavy atom. The zero-order valence-electron chi connectivity index (χ0n) is 13.3. The first-order valence-corrected chi connectivity index (χ1v) is 7.48. The molecular weight excluding hydrogens is 340 g/mol. The van der Waals surface area contributed by atoms with E-state index in [1.165, 1.54) is 36.4 Å². The van der Waals surface area contributed by atoms with E-state index in [-0.39, 0.29) is 34.4 Å². The molecule has 0 spiro atoms. The van der Waals surface area contributed by atoms with E-state index < -0.39 is 9.85 Å². The Balaban J connectivity index is 1.96. The monoisotopic (exact) mass is 352 g/mol. The molecule has 0 aliphatic heterocycles. The van der Waals surface area contributed by atoms with Crippen molar-refractivity contribution in [2.45, 2.75) is 0 Å². The third-order valence-corrected chi connectivity index (χ3v) is 3.41. The van der Waals surface area contributed by atoms with Gasteiger partial charge in [-0.3, -0.25) is 20.2 Å². The van der Waals surface area contributed by atoms with Gasteiger partial charge in [0.15, 0.2) is 11.5 Å². The molecule has 0 radical (unpaired) electrons. The van der Waals surface area contributed by atoms with Crippen molar-refractivity contribution in [1.82, 2.24) is 0 Å². The van der Waals surface area contributed by atoms with Crippen LogP contribution in [0.5, 0.6) is 23.0 Å². The van der Waals surface area contributed by atoms with Gasteiger partial charge in [-0.15, -0.1) is 0 Å². The van der Waals surface area contributed by atoms with Crippen LogP contribution >= 0.6 is 0 Å². The van der Waals surface area contributed by atoms with Crippen LogP contribution in [0.2, 0.25) is 0 Å². The van der Waals surface area contributed by atoms with Gasteiger partial charge in [-0.25, -0.2) is 0 Å². The molecule has 26 heavy (non-hydrogen) atoms. The lowest BCUT2D eigenvalue weighted by atomic mass is 10.2. The largest absolute Gasteiger partial charge is 0.446 e. The van der Waals surface area contributed by atoms with Gasteiger partial charge in [0.05, 0.1) is 9.85 Å². The van der Waals surface area contributed by atoms with E-state index in [9.17, 15) is 20.2 Å². The number of ether oxygens (including phenoxy) is 2. The molecule has 8 heteroatoms. The molecular formula is C18H12N2O6. The van der Waals surface area contributed by atoms with Gasteiger partial charge in [0.25, 0.3) is 0 Å². The molecule has 0 amide bonds. The van der Waals surface area contributed by atoms with Crippen LogP contribution < -0.4 is 9.47 Å². The summed E-state index contributed by atoms with van der Waals surface area (Å²) in [6.45, 7) is 0. The smallest absolute Gasteiger partial charge is 0.311 e. The van der Waals surface area contributed by atoms with Crippen molar-refractivity contribution in [3.63, 3.8) is 0 Å². The summed E-state index contributed by atoms with van der Waals surface area (Å²) in [6, 6.07) is 18.3. The molecule has 3 aromatic carbocycles. The van der Waals surface area contributed by atoms with Crippen molar-refractivity contribution in [2.75, 3.05) is 0 Å². The fourth-order valence-electron chi connectivity index (χ4n) is 2.24. The average Bonchev–Trinajstić information content (AvgIpc) is 2.64. The number of nitro benzene ring substituents is 2. The molecule has 0 aromatic heterocycles. The topological polar surface area (TPSA) is 105 Å². The molecule has 0 atom stereocenters. The van der Waals surface area contributed by atoms with E-state index >= 15 is 0 Å². The third kappa shape index (κ3) is 3.59. The number of nitrogens with zero attached hydrogens (tertiary/aromatic N) is 2. The maximum absolute atomic E-state index is 11.1. The number of hydrogen-bond acceptors (Lipinski definition) is 6. The van der Waals surface area contributed by atoms with Crippen LogP contribution in [0, 0.1) is 20.2 Å². The Morgan fingerprint density at radius 2 is 0.846 bits per heavy atom. The van der Waals surface area contributed by atoms with E-state index in [1.54, 1.807) is 36.4 Å². The summed E-state index contributed by atoms with van der Waals surface area (Å²) >= 11 is 0. The van der Waals surface area contributed by atoms with E-state index in [0.29, 0.717) is 0 Å². The van der Waals surface area contributed by atoms with Gasteiger partial charge < -0.3 is 9.47 Å². The molecule has 0 aliphatic rings. The van der Waals surface area contributed by atoms with E-state index in [0.717, 1.165) is 0 Å². The third-order valence-electron chi connectivity index (χ3n) is 3.41. The van der Waals surface area contributed by atoms with Crippen LogP contribution in [-0.4, -0.2) is 9.85 Å². The van der Waals surface area contributed by atoms with Crippen molar-refractivity contribution in [3.8, 4) is 23.0 Å².